The number of halogens is 3. The van der Waals surface area contributed by atoms with Crippen molar-refractivity contribution in [3.63, 3.8) is 0 Å². The summed E-state index contributed by atoms with van der Waals surface area (Å²) in [4.78, 5) is 4.44. The first-order chi connectivity index (χ1) is 11.9. The average Bonchev–Trinajstić information content (AvgIpc) is 2.61. The average molecular weight is 351 g/mol. The highest BCUT2D eigenvalue weighted by Crippen LogP contribution is 2.26. The van der Waals surface area contributed by atoms with Crippen molar-refractivity contribution in [1.82, 2.24) is 0 Å². The maximum Gasteiger partial charge on any atom is 0.573 e. The fourth-order valence-corrected chi connectivity index (χ4v) is 2.92. The summed E-state index contributed by atoms with van der Waals surface area (Å²) in [5.74, 6) is -0.199. The normalized spacial score (nSPS) is 15.4. The van der Waals surface area contributed by atoms with E-state index in [4.69, 9.17) is 5.73 Å². The van der Waals surface area contributed by atoms with Gasteiger partial charge >= 0.3 is 6.36 Å². The van der Waals surface area contributed by atoms with E-state index < -0.39 is 6.36 Å². The number of hydrogen-bond acceptors (Lipinski definition) is 4. The van der Waals surface area contributed by atoms with Crippen molar-refractivity contribution in [2.75, 3.05) is 36.0 Å². The highest BCUT2D eigenvalue weighted by Gasteiger charge is 2.31. The van der Waals surface area contributed by atoms with E-state index in [9.17, 15) is 13.2 Å². The topological polar surface area (TPSA) is 41.7 Å². The van der Waals surface area contributed by atoms with Gasteiger partial charge in [0.05, 0.1) is 0 Å². The predicted molar refractivity (Wildman–Crippen MR) is 91.9 cm³/mol. The highest BCUT2D eigenvalue weighted by molar-refractivity contribution is 5.53. The molecule has 2 aromatic rings. The molecule has 1 fully saturated rings. The number of piperazine rings is 1. The Morgan fingerprint density at radius 1 is 0.800 bits per heavy atom. The minimum Gasteiger partial charge on any atom is -0.406 e. The smallest absolute Gasteiger partial charge is 0.406 e. The van der Waals surface area contributed by atoms with Crippen molar-refractivity contribution < 1.29 is 17.9 Å². The van der Waals surface area contributed by atoms with Crippen LogP contribution in [0.2, 0.25) is 0 Å². The summed E-state index contributed by atoms with van der Waals surface area (Å²) in [5.41, 5.74) is 8.77. The van der Waals surface area contributed by atoms with Gasteiger partial charge in [0.1, 0.15) is 5.75 Å². The van der Waals surface area contributed by atoms with Crippen LogP contribution in [0.4, 0.5) is 24.5 Å². The van der Waals surface area contributed by atoms with Crippen molar-refractivity contribution in [1.29, 1.82) is 0 Å². The Morgan fingerprint density at radius 2 is 1.24 bits per heavy atom. The molecule has 0 amide bonds. The molecule has 2 N–H and O–H groups in total. The molecule has 4 nitrogen and oxygen atoms in total. The number of ether oxygens (including phenoxy) is 1. The zero-order valence-corrected chi connectivity index (χ0v) is 13.7. The number of hydrogen-bond donors (Lipinski definition) is 1. The first kappa shape index (κ1) is 17.4. The van der Waals surface area contributed by atoms with E-state index in [2.05, 4.69) is 26.7 Å². The van der Waals surface area contributed by atoms with Crippen molar-refractivity contribution >= 4 is 11.4 Å². The van der Waals surface area contributed by atoms with Gasteiger partial charge in [0.2, 0.25) is 0 Å². The van der Waals surface area contributed by atoms with Gasteiger partial charge in [0.15, 0.2) is 0 Å². The minimum absolute atomic E-state index is 0.199. The molecule has 2 aromatic carbocycles. The van der Waals surface area contributed by atoms with Crippen LogP contribution in [0, 0.1) is 0 Å². The van der Waals surface area contributed by atoms with Crippen LogP contribution < -0.4 is 20.3 Å². The van der Waals surface area contributed by atoms with Crippen molar-refractivity contribution in [2.45, 2.75) is 12.9 Å². The molecule has 0 aromatic heterocycles. The standard InChI is InChI=1S/C18H20F3N3O/c19-18(20,21)25-17-7-5-16(6-8-17)24-11-9-23(10-12-24)15-3-1-14(13-22)2-4-15/h1-8H,9-13,22H2. The molecule has 1 aliphatic rings. The second-order valence-corrected chi connectivity index (χ2v) is 5.89. The molecule has 0 saturated carbocycles. The van der Waals surface area contributed by atoms with Crippen LogP contribution in [-0.2, 0) is 6.54 Å². The van der Waals surface area contributed by atoms with Gasteiger partial charge in [0.25, 0.3) is 0 Å². The molecular formula is C18H20F3N3O. The fourth-order valence-electron chi connectivity index (χ4n) is 2.92. The number of anilines is 2. The molecular weight excluding hydrogens is 331 g/mol. The molecule has 7 heteroatoms. The zero-order valence-electron chi connectivity index (χ0n) is 13.7. The molecule has 1 heterocycles. The van der Waals surface area contributed by atoms with Crippen molar-refractivity contribution in [2.24, 2.45) is 5.73 Å². The van der Waals surface area contributed by atoms with E-state index in [1.165, 1.54) is 12.1 Å². The Morgan fingerprint density at radius 3 is 1.64 bits per heavy atom. The quantitative estimate of drug-likeness (QED) is 0.917. The van der Waals surface area contributed by atoms with Crippen LogP contribution in [0.15, 0.2) is 48.5 Å². The van der Waals surface area contributed by atoms with Gasteiger partial charge in [0, 0.05) is 44.1 Å². The largest absolute Gasteiger partial charge is 0.573 e. The van der Waals surface area contributed by atoms with Crippen molar-refractivity contribution in [3.05, 3.63) is 54.1 Å². The summed E-state index contributed by atoms with van der Waals surface area (Å²) in [6, 6.07) is 14.2. The number of alkyl halides is 3. The predicted octanol–water partition coefficient (Wildman–Crippen LogP) is 3.37. The molecule has 25 heavy (non-hydrogen) atoms. The summed E-state index contributed by atoms with van der Waals surface area (Å²) in [5, 5.41) is 0. The van der Waals surface area contributed by atoms with Gasteiger partial charge < -0.3 is 20.3 Å². The molecule has 0 aliphatic carbocycles. The second-order valence-electron chi connectivity index (χ2n) is 5.89. The van der Waals surface area contributed by atoms with Crippen molar-refractivity contribution in [3.8, 4) is 5.75 Å². The number of benzene rings is 2. The number of nitrogens with zero attached hydrogens (tertiary/aromatic N) is 2. The Kier molecular flexibility index (Phi) is 5.03. The summed E-state index contributed by atoms with van der Waals surface area (Å²) >= 11 is 0. The lowest BCUT2D eigenvalue weighted by Crippen LogP contribution is -2.46. The second kappa shape index (κ2) is 7.23. The molecule has 0 unspecified atom stereocenters. The minimum atomic E-state index is -4.66. The third kappa shape index (κ3) is 4.57. The summed E-state index contributed by atoms with van der Waals surface area (Å²) < 4.78 is 40.5. The lowest BCUT2D eigenvalue weighted by Gasteiger charge is -2.37. The number of nitrogens with two attached hydrogens (primary N) is 1. The summed E-state index contributed by atoms with van der Waals surface area (Å²) in [7, 11) is 0. The molecule has 0 spiro atoms. The van der Waals surface area contributed by atoms with Crippen LogP contribution in [0.1, 0.15) is 5.56 Å². The van der Waals surface area contributed by atoms with Gasteiger partial charge in [-0.2, -0.15) is 0 Å². The highest BCUT2D eigenvalue weighted by atomic mass is 19.4. The van der Waals surface area contributed by atoms with Crippen LogP contribution >= 0.6 is 0 Å². The molecule has 0 bridgehead atoms. The van der Waals surface area contributed by atoms with Gasteiger partial charge in [-0.05, 0) is 42.0 Å². The van der Waals surface area contributed by atoms with E-state index in [-0.39, 0.29) is 5.75 Å². The maximum absolute atomic E-state index is 12.2. The van der Waals surface area contributed by atoms with Crippen LogP contribution in [0.5, 0.6) is 5.75 Å². The van der Waals surface area contributed by atoms with E-state index in [0.29, 0.717) is 6.54 Å². The summed E-state index contributed by atoms with van der Waals surface area (Å²) in [6.07, 6.45) is -4.66. The van der Waals surface area contributed by atoms with Crippen LogP contribution in [-0.4, -0.2) is 32.5 Å². The van der Waals surface area contributed by atoms with Gasteiger partial charge in [-0.15, -0.1) is 13.2 Å². The lowest BCUT2D eigenvalue weighted by atomic mass is 10.1. The van der Waals surface area contributed by atoms with E-state index >= 15 is 0 Å². The maximum atomic E-state index is 12.2. The zero-order chi connectivity index (χ0) is 17.9. The third-order valence-corrected chi connectivity index (χ3v) is 4.25. The molecule has 0 atom stereocenters. The lowest BCUT2D eigenvalue weighted by molar-refractivity contribution is -0.274. The first-order valence-corrected chi connectivity index (χ1v) is 8.09. The molecule has 134 valence electrons. The Bertz CT molecular complexity index is 678. The third-order valence-electron chi connectivity index (χ3n) is 4.25. The van der Waals surface area contributed by atoms with Crippen LogP contribution in [0.25, 0.3) is 0 Å². The first-order valence-electron chi connectivity index (χ1n) is 8.09. The molecule has 0 radical (unpaired) electrons. The van der Waals surface area contributed by atoms with E-state index in [0.717, 1.165) is 43.1 Å². The molecule has 3 rings (SSSR count). The monoisotopic (exact) mass is 351 g/mol. The Labute approximate surface area is 144 Å². The van der Waals surface area contributed by atoms with Gasteiger partial charge in [-0.25, -0.2) is 0 Å². The fraction of sp³-hybridized carbons (Fsp3) is 0.333. The van der Waals surface area contributed by atoms with E-state index in [1.54, 1.807) is 12.1 Å². The Hall–Kier alpha value is -2.41. The van der Waals surface area contributed by atoms with Crippen LogP contribution in [0.3, 0.4) is 0 Å². The van der Waals surface area contributed by atoms with E-state index in [1.807, 2.05) is 12.1 Å². The molecule has 1 aliphatic heterocycles. The van der Waals surface area contributed by atoms with Gasteiger partial charge in [-0.1, -0.05) is 12.1 Å². The number of rotatable bonds is 4. The Balaban J connectivity index is 1.58. The SMILES string of the molecule is NCc1ccc(N2CCN(c3ccc(OC(F)(F)F)cc3)CC2)cc1. The van der Waals surface area contributed by atoms with Gasteiger partial charge in [-0.3, -0.25) is 0 Å². The molecule has 1 saturated heterocycles. The summed E-state index contributed by atoms with van der Waals surface area (Å²) in [6.45, 7) is 3.84.